The molecule has 0 aliphatic carbocycles. The second-order valence-corrected chi connectivity index (χ2v) is 8.04. The second-order valence-electron chi connectivity index (χ2n) is 8.04. The van der Waals surface area contributed by atoms with E-state index < -0.39 is 5.60 Å². The largest absolute Gasteiger partial charge is 0.444 e. The van der Waals surface area contributed by atoms with Gasteiger partial charge in [0, 0.05) is 37.8 Å². The van der Waals surface area contributed by atoms with Crippen molar-refractivity contribution in [1.29, 1.82) is 0 Å². The molecule has 1 spiro atoms. The van der Waals surface area contributed by atoms with Gasteiger partial charge in [0.1, 0.15) is 5.60 Å². The minimum atomic E-state index is -0.429. The third-order valence-electron chi connectivity index (χ3n) is 4.75. The Morgan fingerprint density at radius 1 is 1.22 bits per heavy atom. The van der Waals surface area contributed by atoms with Crippen molar-refractivity contribution >= 4 is 11.8 Å². The predicted octanol–water partition coefficient (Wildman–Crippen LogP) is 3.23. The molecule has 0 radical (unpaired) electrons. The molecule has 126 valence electrons. The lowest BCUT2D eigenvalue weighted by atomic mass is 9.86. The number of hydrogen-bond acceptors (Lipinski definition) is 4. The average Bonchev–Trinajstić information content (AvgIpc) is 3.05. The van der Waals surface area contributed by atoms with Gasteiger partial charge in [-0.2, -0.15) is 0 Å². The standard InChI is InChI=1S/C18H27N3O2/c1-14-9-15(11-19-10-14)20-7-5-18(12-20)6-8-21(13-18)16(22)23-17(2,3)4/h9-11H,5-8,12-13H2,1-4H3. The highest BCUT2D eigenvalue weighted by atomic mass is 16.6. The molecule has 2 fully saturated rings. The number of anilines is 1. The predicted molar refractivity (Wildman–Crippen MR) is 90.7 cm³/mol. The number of rotatable bonds is 1. The molecule has 3 rings (SSSR count). The molecule has 1 aromatic rings. The van der Waals surface area contributed by atoms with Gasteiger partial charge >= 0.3 is 6.09 Å². The van der Waals surface area contributed by atoms with Crippen molar-refractivity contribution in [2.24, 2.45) is 5.41 Å². The first-order chi connectivity index (χ1) is 10.8. The van der Waals surface area contributed by atoms with Crippen LogP contribution in [0.1, 0.15) is 39.2 Å². The fraction of sp³-hybridized carbons (Fsp3) is 0.667. The van der Waals surface area contributed by atoms with E-state index in [4.69, 9.17) is 4.74 Å². The van der Waals surface area contributed by atoms with E-state index >= 15 is 0 Å². The number of ether oxygens (including phenoxy) is 1. The molecular formula is C18H27N3O2. The first-order valence-electron chi connectivity index (χ1n) is 8.41. The molecule has 0 N–H and O–H groups in total. The van der Waals surface area contributed by atoms with Crippen LogP contribution in [0.3, 0.4) is 0 Å². The van der Waals surface area contributed by atoms with Crippen LogP contribution < -0.4 is 4.90 Å². The third kappa shape index (κ3) is 3.59. The van der Waals surface area contributed by atoms with Crippen molar-refractivity contribution in [3.8, 4) is 0 Å². The SMILES string of the molecule is Cc1cncc(N2CCC3(CCN(C(=O)OC(C)(C)C)C3)C2)c1. The van der Waals surface area contributed by atoms with Gasteiger partial charge in [0.25, 0.3) is 0 Å². The van der Waals surface area contributed by atoms with Crippen LogP contribution in [0.5, 0.6) is 0 Å². The molecule has 2 saturated heterocycles. The van der Waals surface area contributed by atoms with E-state index in [9.17, 15) is 4.79 Å². The van der Waals surface area contributed by atoms with E-state index in [2.05, 4.69) is 22.9 Å². The number of carbonyl (C=O) groups is 1. The summed E-state index contributed by atoms with van der Waals surface area (Å²) in [4.78, 5) is 20.9. The highest BCUT2D eigenvalue weighted by Gasteiger charge is 2.45. The van der Waals surface area contributed by atoms with Crippen LogP contribution in [0.4, 0.5) is 10.5 Å². The minimum absolute atomic E-state index is 0.176. The van der Waals surface area contributed by atoms with E-state index in [0.717, 1.165) is 39.0 Å². The quantitative estimate of drug-likeness (QED) is 0.798. The zero-order valence-electron chi connectivity index (χ0n) is 14.6. The van der Waals surface area contributed by atoms with Gasteiger partial charge in [-0.3, -0.25) is 4.98 Å². The van der Waals surface area contributed by atoms with Crippen LogP contribution in [0.2, 0.25) is 0 Å². The highest BCUT2D eigenvalue weighted by Crippen LogP contribution is 2.41. The molecule has 2 aliphatic heterocycles. The van der Waals surface area contributed by atoms with Gasteiger partial charge in [0.15, 0.2) is 0 Å². The first kappa shape index (κ1) is 16.1. The van der Waals surface area contributed by atoms with Gasteiger partial charge in [0.2, 0.25) is 0 Å². The summed E-state index contributed by atoms with van der Waals surface area (Å²) in [6.45, 7) is 11.5. The van der Waals surface area contributed by atoms with Crippen LogP contribution in [0, 0.1) is 12.3 Å². The van der Waals surface area contributed by atoms with E-state index in [1.54, 1.807) is 0 Å². The lowest BCUT2D eigenvalue weighted by Crippen LogP contribution is -2.37. The molecule has 3 heterocycles. The number of carbonyl (C=O) groups excluding carboxylic acids is 1. The maximum absolute atomic E-state index is 12.3. The van der Waals surface area contributed by atoms with Crippen LogP contribution in [0.25, 0.3) is 0 Å². The fourth-order valence-electron chi connectivity index (χ4n) is 3.62. The Morgan fingerprint density at radius 2 is 1.96 bits per heavy atom. The van der Waals surface area contributed by atoms with E-state index in [1.807, 2.05) is 38.1 Å². The molecule has 5 nitrogen and oxygen atoms in total. The van der Waals surface area contributed by atoms with Crippen LogP contribution in [-0.4, -0.2) is 47.8 Å². The van der Waals surface area contributed by atoms with E-state index in [-0.39, 0.29) is 11.5 Å². The number of nitrogens with zero attached hydrogens (tertiary/aromatic N) is 3. The molecule has 1 aromatic heterocycles. The van der Waals surface area contributed by atoms with Gasteiger partial charge in [-0.1, -0.05) is 0 Å². The zero-order chi connectivity index (χ0) is 16.7. The number of pyridine rings is 1. The number of aryl methyl sites for hydroxylation is 1. The summed E-state index contributed by atoms with van der Waals surface area (Å²) >= 11 is 0. The maximum atomic E-state index is 12.3. The van der Waals surface area contributed by atoms with Crippen LogP contribution >= 0.6 is 0 Å². The maximum Gasteiger partial charge on any atom is 0.410 e. The van der Waals surface area contributed by atoms with Gasteiger partial charge < -0.3 is 14.5 Å². The van der Waals surface area contributed by atoms with Crippen molar-refractivity contribution < 1.29 is 9.53 Å². The summed E-state index contributed by atoms with van der Waals surface area (Å²) in [5, 5.41) is 0. The van der Waals surface area contributed by atoms with Crippen LogP contribution in [-0.2, 0) is 4.74 Å². The summed E-state index contributed by atoms with van der Waals surface area (Å²) in [5.74, 6) is 0. The molecule has 1 atom stereocenters. The number of likely N-dealkylation sites (tertiary alicyclic amines) is 1. The summed E-state index contributed by atoms with van der Waals surface area (Å²) in [5.41, 5.74) is 2.16. The van der Waals surface area contributed by atoms with Crippen molar-refractivity contribution in [1.82, 2.24) is 9.88 Å². The Balaban J connectivity index is 1.63. The Kier molecular flexibility index (Phi) is 3.98. The minimum Gasteiger partial charge on any atom is -0.444 e. The first-order valence-corrected chi connectivity index (χ1v) is 8.41. The molecule has 0 aromatic carbocycles. The highest BCUT2D eigenvalue weighted by molar-refractivity contribution is 5.68. The van der Waals surface area contributed by atoms with Crippen molar-refractivity contribution in [3.63, 3.8) is 0 Å². The summed E-state index contributed by atoms with van der Waals surface area (Å²) in [6, 6.07) is 2.19. The molecule has 5 heteroatoms. The summed E-state index contributed by atoms with van der Waals surface area (Å²) in [7, 11) is 0. The fourth-order valence-corrected chi connectivity index (χ4v) is 3.62. The Labute approximate surface area is 138 Å². The van der Waals surface area contributed by atoms with Gasteiger partial charge in [-0.15, -0.1) is 0 Å². The van der Waals surface area contributed by atoms with Crippen LogP contribution in [0.15, 0.2) is 18.5 Å². The lowest BCUT2D eigenvalue weighted by molar-refractivity contribution is 0.0276. The van der Waals surface area contributed by atoms with Crippen molar-refractivity contribution in [2.75, 3.05) is 31.1 Å². The number of hydrogen-bond donors (Lipinski definition) is 0. The smallest absolute Gasteiger partial charge is 0.410 e. The van der Waals surface area contributed by atoms with Gasteiger partial charge in [0.05, 0.1) is 11.9 Å². The molecule has 1 unspecified atom stereocenters. The number of amides is 1. The van der Waals surface area contributed by atoms with Crippen molar-refractivity contribution in [3.05, 3.63) is 24.0 Å². The van der Waals surface area contributed by atoms with Gasteiger partial charge in [-0.25, -0.2) is 4.79 Å². The summed E-state index contributed by atoms with van der Waals surface area (Å²) < 4.78 is 5.51. The Morgan fingerprint density at radius 3 is 2.65 bits per heavy atom. The topological polar surface area (TPSA) is 45.7 Å². The third-order valence-corrected chi connectivity index (χ3v) is 4.75. The second kappa shape index (κ2) is 5.69. The molecule has 0 bridgehead atoms. The lowest BCUT2D eigenvalue weighted by Gasteiger charge is -2.27. The van der Waals surface area contributed by atoms with Gasteiger partial charge in [-0.05, 0) is 52.2 Å². The number of aromatic nitrogens is 1. The summed E-state index contributed by atoms with van der Waals surface area (Å²) in [6.07, 6.45) is 5.83. The van der Waals surface area contributed by atoms with Crippen molar-refractivity contribution in [2.45, 2.75) is 46.1 Å². The molecule has 2 aliphatic rings. The monoisotopic (exact) mass is 317 g/mol. The Bertz CT molecular complexity index is 596. The zero-order valence-corrected chi connectivity index (χ0v) is 14.6. The molecule has 23 heavy (non-hydrogen) atoms. The average molecular weight is 317 g/mol. The van der Waals surface area contributed by atoms with E-state index in [0.29, 0.717) is 0 Å². The Hall–Kier alpha value is -1.78. The molecular weight excluding hydrogens is 290 g/mol. The van der Waals surface area contributed by atoms with E-state index in [1.165, 1.54) is 11.3 Å². The molecule has 1 amide bonds. The molecule has 0 saturated carbocycles. The normalized spacial score (nSPS) is 24.5.